The fourth-order valence-electron chi connectivity index (χ4n) is 2.95. The van der Waals surface area contributed by atoms with Crippen LogP contribution < -0.4 is 5.73 Å². The molecule has 0 spiro atoms. The number of aromatic amines is 1. The Labute approximate surface area is 122 Å². The van der Waals surface area contributed by atoms with E-state index < -0.39 is 0 Å². The van der Waals surface area contributed by atoms with Gasteiger partial charge in [-0.05, 0) is 19.3 Å². The van der Waals surface area contributed by atoms with Gasteiger partial charge >= 0.3 is 0 Å². The highest BCUT2D eigenvalue weighted by molar-refractivity contribution is 5.62. The molecule has 1 aromatic heterocycles. The number of nitrogens with two attached hydrogens (primary N) is 1. The molecule has 2 aromatic rings. The number of non-ortho nitro benzene ring substituents is 1. The summed E-state index contributed by atoms with van der Waals surface area (Å²) in [4.78, 5) is 18.2. The molecule has 2 unspecified atom stereocenters. The zero-order chi connectivity index (χ0) is 14.8. The van der Waals surface area contributed by atoms with E-state index in [0.717, 1.165) is 42.8 Å². The van der Waals surface area contributed by atoms with Crippen LogP contribution in [0.25, 0.3) is 11.3 Å². The molecule has 0 aliphatic heterocycles. The van der Waals surface area contributed by atoms with Crippen molar-refractivity contribution in [2.24, 2.45) is 5.73 Å². The van der Waals surface area contributed by atoms with Crippen molar-refractivity contribution < 1.29 is 4.92 Å². The molecular formula is C15H18N4O2. The molecule has 1 aliphatic rings. The molecule has 21 heavy (non-hydrogen) atoms. The van der Waals surface area contributed by atoms with E-state index in [-0.39, 0.29) is 16.7 Å². The topological polar surface area (TPSA) is 97.8 Å². The number of nitrogens with zero attached hydrogens (tertiary/aromatic N) is 2. The molecule has 110 valence electrons. The van der Waals surface area contributed by atoms with Gasteiger partial charge in [0.15, 0.2) is 0 Å². The Morgan fingerprint density at radius 1 is 1.38 bits per heavy atom. The first kappa shape index (κ1) is 13.8. The van der Waals surface area contributed by atoms with Crippen molar-refractivity contribution in [1.29, 1.82) is 0 Å². The highest BCUT2D eigenvalue weighted by Gasteiger charge is 2.23. The van der Waals surface area contributed by atoms with Crippen LogP contribution >= 0.6 is 0 Å². The van der Waals surface area contributed by atoms with Crippen LogP contribution in [0.2, 0.25) is 0 Å². The molecule has 3 N–H and O–H groups in total. The van der Waals surface area contributed by atoms with Gasteiger partial charge in [-0.15, -0.1) is 0 Å². The van der Waals surface area contributed by atoms with E-state index >= 15 is 0 Å². The van der Waals surface area contributed by atoms with E-state index in [1.807, 2.05) is 6.07 Å². The second kappa shape index (κ2) is 5.65. The van der Waals surface area contributed by atoms with Crippen LogP contribution in [0.1, 0.15) is 37.4 Å². The molecule has 0 amide bonds. The minimum absolute atomic E-state index is 0.0864. The van der Waals surface area contributed by atoms with Crippen molar-refractivity contribution in [2.45, 2.75) is 37.6 Å². The van der Waals surface area contributed by atoms with Crippen molar-refractivity contribution in [3.05, 3.63) is 46.4 Å². The lowest BCUT2D eigenvalue weighted by Crippen LogP contribution is -2.27. The molecule has 6 nitrogen and oxygen atoms in total. The predicted octanol–water partition coefficient (Wildman–Crippen LogP) is 2.97. The Morgan fingerprint density at radius 3 is 3.00 bits per heavy atom. The number of benzene rings is 1. The van der Waals surface area contributed by atoms with Crippen molar-refractivity contribution in [2.75, 3.05) is 0 Å². The molecule has 1 heterocycles. The van der Waals surface area contributed by atoms with Gasteiger partial charge in [0.2, 0.25) is 0 Å². The minimum atomic E-state index is -0.388. The Bertz CT molecular complexity index is 653. The largest absolute Gasteiger partial charge is 0.342 e. The molecule has 3 rings (SSSR count). The molecule has 2 atom stereocenters. The summed E-state index contributed by atoms with van der Waals surface area (Å²) in [5, 5.41) is 10.8. The number of imidazole rings is 1. The van der Waals surface area contributed by atoms with Crippen molar-refractivity contribution in [3.63, 3.8) is 0 Å². The predicted molar refractivity (Wildman–Crippen MR) is 79.9 cm³/mol. The van der Waals surface area contributed by atoms with Gasteiger partial charge in [-0.3, -0.25) is 10.1 Å². The highest BCUT2D eigenvalue weighted by Crippen LogP contribution is 2.32. The third kappa shape index (κ3) is 2.95. The second-order valence-electron chi connectivity index (χ2n) is 5.61. The molecule has 1 aliphatic carbocycles. The van der Waals surface area contributed by atoms with Crippen LogP contribution in [0.15, 0.2) is 30.5 Å². The lowest BCUT2D eigenvalue weighted by molar-refractivity contribution is -0.384. The van der Waals surface area contributed by atoms with E-state index in [2.05, 4.69) is 9.97 Å². The Hall–Kier alpha value is -2.21. The summed E-state index contributed by atoms with van der Waals surface area (Å²) in [5.74, 6) is 1.30. The third-order valence-corrected chi connectivity index (χ3v) is 4.06. The number of nitrogens with one attached hydrogen (secondary N) is 1. The van der Waals surface area contributed by atoms with Gasteiger partial charge in [0.1, 0.15) is 5.82 Å². The molecule has 1 aromatic carbocycles. The summed E-state index contributed by atoms with van der Waals surface area (Å²) < 4.78 is 0. The summed E-state index contributed by atoms with van der Waals surface area (Å²) in [6, 6.07) is 6.82. The number of aromatic nitrogens is 2. The second-order valence-corrected chi connectivity index (χ2v) is 5.61. The van der Waals surface area contributed by atoms with E-state index in [9.17, 15) is 10.1 Å². The lowest BCUT2D eigenvalue weighted by Gasteiger charge is -2.24. The van der Waals surface area contributed by atoms with Gasteiger partial charge in [-0.2, -0.15) is 0 Å². The van der Waals surface area contributed by atoms with Crippen LogP contribution in [0.3, 0.4) is 0 Å². The van der Waals surface area contributed by atoms with Gasteiger partial charge < -0.3 is 10.7 Å². The van der Waals surface area contributed by atoms with Crippen LogP contribution in [0.4, 0.5) is 5.69 Å². The molecule has 1 fully saturated rings. The van der Waals surface area contributed by atoms with E-state index in [4.69, 9.17) is 5.73 Å². The van der Waals surface area contributed by atoms with Gasteiger partial charge in [0, 0.05) is 29.7 Å². The number of nitro groups is 1. The smallest absolute Gasteiger partial charge is 0.270 e. The maximum absolute atomic E-state index is 10.8. The van der Waals surface area contributed by atoms with E-state index in [0.29, 0.717) is 5.92 Å². The standard InChI is InChI=1S/C15H18N4O2/c16-12-5-1-4-11(7-12)15-17-9-14(18-15)10-3-2-6-13(8-10)19(20)21/h2-3,6,8-9,11-12H,1,4-5,7,16H2,(H,17,18). The third-order valence-electron chi connectivity index (χ3n) is 4.06. The summed E-state index contributed by atoms with van der Waals surface area (Å²) in [6.07, 6.45) is 5.99. The summed E-state index contributed by atoms with van der Waals surface area (Å²) in [7, 11) is 0. The van der Waals surface area contributed by atoms with E-state index in [1.54, 1.807) is 18.3 Å². The molecule has 0 bridgehead atoms. The monoisotopic (exact) mass is 286 g/mol. The first-order chi connectivity index (χ1) is 10.1. The van der Waals surface area contributed by atoms with Gasteiger partial charge in [0.25, 0.3) is 5.69 Å². The zero-order valence-electron chi connectivity index (χ0n) is 11.7. The van der Waals surface area contributed by atoms with Crippen molar-refractivity contribution in [3.8, 4) is 11.3 Å². The normalized spacial score (nSPS) is 22.1. The molecule has 6 heteroatoms. The number of hydrogen-bond acceptors (Lipinski definition) is 4. The van der Waals surface area contributed by atoms with Gasteiger partial charge in [0.05, 0.1) is 16.8 Å². The van der Waals surface area contributed by atoms with Gasteiger partial charge in [-0.25, -0.2) is 4.98 Å². The lowest BCUT2D eigenvalue weighted by atomic mass is 9.86. The average molecular weight is 286 g/mol. The summed E-state index contributed by atoms with van der Waals surface area (Å²) in [5.41, 5.74) is 7.70. The Kier molecular flexibility index (Phi) is 3.70. The van der Waals surface area contributed by atoms with Crippen molar-refractivity contribution >= 4 is 5.69 Å². The van der Waals surface area contributed by atoms with E-state index in [1.165, 1.54) is 6.07 Å². The number of H-pyrrole nitrogens is 1. The number of nitro benzene ring substituents is 1. The zero-order valence-corrected chi connectivity index (χ0v) is 11.7. The van der Waals surface area contributed by atoms with Gasteiger partial charge in [-0.1, -0.05) is 18.6 Å². The molecule has 1 saturated carbocycles. The molecule has 0 saturated heterocycles. The minimum Gasteiger partial charge on any atom is -0.342 e. The summed E-state index contributed by atoms with van der Waals surface area (Å²) >= 11 is 0. The SMILES string of the molecule is NC1CCCC(c2ncc(-c3cccc([N+](=O)[O-])c3)[nH]2)C1. The first-order valence-electron chi connectivity index (χ1n) is 7.19. The maximum atomic E-state index is 10.8. The van der Waals surface area contributed by atoms with Crippen molar-refractivity contribution in [1.82, 2.24) is 9.97 Å². The van der Waals surface area contributed by atoms with Crippen LogP contribution in [0, 0.1) is 10.1 Å². The Balaban J connectivity index is 1.84. The highest BCUT2D eigenvalue weighted by atomic mass is 16.6. The number of hydrogen-bond donors (Lipinski definition) is 2. The van der Waals surface area contributed by atoms with Crippen LogP contribution in [-0.4, -0.2) is 20.9 Å². The number of rotatable bonds is 3. The quantitative estimate of drug-likeness (QED) is 0.669. The fourth-order valence-corrected chi connectivity index (χ4v) is 2.95. The molecular weight excluding hydrogens is 268 g/mol. The average Bonchev–Trinajstić information content (AvgIpc) is 2.97. The first-order valence-corrected chi connectivity index (χ1v) is 7.19. The van der Waals surface area contributed by atoms with Crippen LogP contribution in [-0.2, 0) is 0 Å². The molecule has 0 radical (unpaired) electrons. The van der Waals surface area contributed by atoms with Crippen LogP contribution in [0.5, 0.6) is 0 Å². The fraction of sp³-hybridized carbons (Fsp3) is 0.400. The maximum Gasteiger partial charge on any atom is 0.270 e. The Morgan fingerprint density at radius 2 is 2.24 bits per heavy atom. The summed E-state index contributed by atoms with van der Waals surface area (Å²) in [6.45, 7) is 0.